The number of hydrogen-bond acceptors (Lipinski definition) is 6. The van der Waals surface area contributed by atoms with E-state index in [0.717, 1.165) is 28.0 Å². The van der Waals surface area contributed by atoms with Gasteiger partial charge in [0.1, 0.15) is 5.75 Å². The fraction of sp³-hybridized carbons (Fsp3) is 0.312. The molecule has 0 radical (unpaired) electrons. The largest absolute Gasteiger partial charge is 0.497 e. The molecule has 0 aliphatic carbocycles. The average Bonchev–Trinajstić information content (AvgIpc) is 2.83. The van der Waals surface area contributed by atoms with Gasteiger partial charge in [0.2, 0.25) is 5.91 Å². The van der Waals surface area contributed by atoms with Crippen molar-refractivity contribution in [1.29, 1.82) is 0 Å². The summed E-state index contributed by atoms with van der Waals surface area (Å²) in [6, 6.07) is 7.21. The van der Waals surface area contributed by atoms with E-state index in [1.54, 1.807) is 25.3 Å². The van der Waals surface area contributed by atoms with Crippen LogP contribution in [0.4, 0.5) is 4.79 Å². The quantitative estimate of drug-likeness (QED) is 0.746. The maximum atomic E-state index is 12.3. The van der Waals surface area contributed by atoms with Crippen LogP contribution in [0.25, 0.3) is 6.08 Å². The Morgan fingerprint density at radius 3 is 2.67 bits per heavy atom. The summed E-state index contributed by atoms with van der Waals surface area (Å²) in [5.74, 6) is 0.642. The Morgan fingerprint density at radius 2 is 2.04 bits per heavy atom. The van der Waals surface area contributed by atoms with E-state index in [1.165, 1.54) is 11.8 Å². The molecule has 128 valence electrons. The highest BCUT2D eigenvalue weighted by molar-refractivity contribution is 8.18. The lowest BCUT2D eigenvalue weighted by molar-refractivity contribution is -0.123. The van der Waals surface area contributed by atoms with Crippen LogP contribution in [0.2, 0.25) is 0 Å². The zero-order chi connectivity index (χ0) is 17.5. The molecular formula is C16H18N2O4S2. The highest BCUT2D eigenvalue weighted by Gasteiger charge is 2.34. The lowest BCUT2D eigenvalue weighted by Crippen LogP contribution is -2.37. The van der Waals surface area contributed by atoms with Gasteiger partial charge in [-0.1, -0.05) is 12.1 Å². The molecular weight excluding hydrogens is 348 g/mol. The van der Waals surface area contributed by atoms with Crippen molar-refractivity contribution in [2.75, 3.05) is 32.2 Å². The molecule has 1 fully saturated rings. The van der Waals surface area contributed by atoms with Gasteiger partial charge in [-0.2, -0.15) is 11.8 Å². The number of methoxy groups -OCH3 is 1. The molecule has 6 nitrogen and oxygen atoms in total. The Kier molecular flexibility index (Phi) is 6.74. The SMILES string of the molecule is COc1ccc(/C=C2/SC(=O)N(CCNC(=O)CSC)C2=O)cc1. The van der Waals surface area contributed by atoms with Crippen molar-refractivity contribution < 1.29 is 19.1 Å². The molecule has 1 aliphatic heterocycles. The van der Waals surface area contributed by atoms with Crippen molar-refractivity contribution in [3.63, 3.8) is 0 Å². The monoisotopic (exact) mass is 366 g/mol. The lowest BCUT2D eigenvalue weighted by Gasteiger charge is -2.12. The molecule has 2 rings (SSSR count). The molecule has 1 heterocycles. The third-order valence-corrected chi connectivity index (χ3v) is 4.68. The Labute approximate surface area is 149 Å². The highest BCUT2D eigenvalue weighted by atomic mass is 32.2. The smallest absolute Gasteiger partial charge is 0.293 e. The lowest BCUT2D eigenvalue weighted by atomic mass is 10.2. The number of carbonyl (C=O) groups excluding carboxylic acids is 3. The molecule has 0 saturated carbocycles. The zero-order valence-corrected chi connectivity index (χ0v) is 15.0. The van der Waals surface area contributed by atoms with E-state index < -0.39 is 0 Å². The minimum atomic E-state index is -0.333. The zero-order valence-electron chi connectivity index (χ0n) is 13.4. The number of thioether (sulfide) groups is 2. The van der Waals surface area contributed by atoms with Crippen molar-refractivity contribution in [2.24, 2.45) is 0 Å². The van der Waals surface area contributed by atoms with E-state index in [1.807, 2.05) is 18.4 Å². The number of nitrogens with zero attached hydrogens (tertiary/aromatic N) is 1. The first-order valence-electron chi connectivity index (χ1n) is 7.20. The first kappa shape index (κ1) is 18.4. The third-order valence-electron chi connectivity index (χ3n) is 3.22. The second-order valence-corrected chi connectivity index (χ2v) is 6.75. The Hall–Kier alpha value is -1.93. The Bertz CT molecular complexity index is 659. The highest BCUT2D eigenvalue weighted by Crippen LogP contribution is 2.32. The van der Waals surface area contributed by atoms with Gasteiger partial charge in [-0.05, 0) is 41.8 Å². The molecule has 1 N–H and O–H groups in total. The van der Waals surface area contributed by atoms with Crippen LogP contribution in [0.1, 0.15) is 5.56 Å². The molecule has 0 spiro atoms. The summed E-state index contributed by atoms with van der Waals surface area (Å²) in [5, 5.41) is 2.36. The van der Waals surface area contributed by atoms with Gasteiger partial charge >= 0.3 is 0 Å². The van der Waals surface area contributed by atoms with E-state index in [9.17, 15) is 14.4 Å². The van der Waals surface area contributed by atoms with Gasteiger partial charge in [0.25, 0.3) is 11.1 Å². The van der Waals surface area contributed by atoms with Gasteiger partial charge in [0, 0.05) is 13.1 Å². The molecule has 8 heteroatoms. The normalized spacial score (nSPS) is 15.9. The van der Waals surface area contributed by atoms with Gasteiger partial charge < -0.3 is 10.1 Å². The number of nitrogens with one attached hydrogen (secondary N) is 1. The van der Waals surface area contributed by atoms with Crippen molar-refractivity contribution in [3.05, 3.63) is 34.7 Å². The molecule has 1 aromatic carbocycles. The number of carbonyl (C=O) groups is 3. The first-order valence-corrected chi connectivity index (χ1v) is 9.41. The number of ether oxygens (including phenoxy) is 1. The van der Waals surface area contributed by atoms with Crippen LogP contribution in [0.5, 0.6) is 5.75 Å². The summed E-state index contributed by atoms with van der Waals surface area (Å²) >= 11 is 2.32. The van der Waals surface area contributed by atoms with Gasteiger partial charge in [-0.15, -0.1) is 0 Å². The van der Waals surface area contributed by atoms with Crippen LogP contribution in [0.15, 0.2) is 29.2 Å². The number of rotatable bonds is 7. The molecule has 0 aromatic heterocycles. The fourth-order valence-corrected chi connectivity index (χ4v) is 3.26. The summed E-state index contributed by atoms with van der Waals surface area (Å²) in [6.07, 6.45) is 3.51. The predicted octanol–water partition coefficient (Wildman–Crippen LogP) is 2.21. The Balaban J connectivity index is 1.97. The standard InChI is InChI=1S/C16H18N2O4S2/c1-22-12-5-3-11(4-6-12)9-13-15(20)18(16(21)24-13)8-7-17-14(19)10-23-2/h3-6,9H,7-8,10H2,1-2H3,(H,17,19)/b13-9+. The average molecular weight is 366 g/mol. The van der Waals surface area contributed by atoms with Crippen LogP contribution in [0, 0.1) is 0 Å². The maximum Gasteiger partial charge on any atom is 0.293 e. The van der Waals surface area contributed by atoms with Gasteiger partial charge in [0.15, 0.2) is 0 Å². The van der Waals surface area contributed by atoms with E-state index in [4.69, 9.17) is 4.74 Å². The number of amides is 3. The number of imide groups is 1. The molecule has 1 aromatic rings. The summed E-state index contributed by atoms with van der Waals surface area (Å²) in [5.41, 5.74) is 0.814. The van der Waals surface area contributed by atoms with Gasteiger partial charge in [0.05, 0.1) is 17.8 Å². The third kappa shape index (κ3) is 4.78. The van der Waals surface area contributed by atoms with Crippen molar-refractivity contribution in [3.8, 4) is 5.75 Å². The number of hydrogen-bond donors (Lipinski definition) is 1. The van der Waals surface area contributed by atoms with E-state index >= 15 is 0 Å². The van der Waals surface area contributed by atoms with Crippen molar-refractivity contribution in [2.45, 2.75) is 0 Å². The molecule has 0 atom stereocenters. The fourth-order valence-electron chi connectivity index (χ4n) is 2.03. The van der Waals surface area contributed by atoms with Crippen LogP contribution >= 0.6 is 23.5 Å². The van der Waals surface area contributed by atoms with Crippen LogP contribution in [-0.2, 0) is 9.59 Å². The van der Waals surface area contributed by atoms with E-state index in [2.05, 4.69) is 5.32 Å². The molecule has 0 bridgehead atoms. The number of benzene rings is 1. The van der Waals surface area contributed by atoms with Crippen LogP contribution < -0.4 is 10.1 Å². The maximum absolute atomic E-state index is 12.3. The van der Waals surface area contributed by atoms with Crippen LogP contribution in [-0.4, -0.2) is 54.2 Å². The molecule has 3 amide bonds. The molecule has 24 heavy (non-hydrogen) atoms. The van der Waals surface area contributed by atoms with Gasteiger partial charge in [-0.3, -0.25) is 19.3 Å². The first-order chi connectivity index (χ1) is 11.5. The molecule has 1 saturated heterocycles. The second kappa shape index (κ2) is 8.79. The molecule has 1 aliphatic rings. The van der Waals surface area contributed by atoms with Crippen LogP contribution in [0.3, 0.4) is 0 Å². The minimum Gasteiger partial charge on any atom is -0.497 e. The van der Waals surface area contributed by atoms with E-state index in [0.29, 0.717) is 10.7 Å². The second-order valence-electron chi connectivity index (χ2n) is 4.89. The summed E-state index contributed by atoms with van der Waals surface area (Å²) < 4.78 is 5.08. The van der Waals surface area contributed by atoms with Gasteiger partial charge in [-0.25, -0.2) is 0 Å². The summed E-state index contributed by atoms with van der Waals surface area (Å²) in [6.45, 7) is 0.429. The summed E-state index contributed by atoms with van der Waals surface area (Å²) in [7, 11) is 1.58. The Morgan fingerprint density at radius 1 is 1.33 bits per heavy atom. The van der Waals surface area contributed by atoms with E-state index in [-0.39, 0.29) is 30.1 Å². The minimum absolute atomic E-state index is 0.108. The predicted molar refractivity (Wildman–Crippen MR) is 97.1 cm³/mol. The topological polar surface area (TPSA) is 75.7 Å². The van der Waals surface area contributed by atoms with Crippen molar-refractivity contribution in [1.82, 2.24) is 10.2 Å². The summed E-state index contributed by atoms with van der Waals surface area (Å²) in [4.78, 5) is 37.2. The van der Waals surface area contributed by atoms with Crippen molar-refractivity contribution >= 4 is 46.7 Å². The molecule has 0 unspecified atom stereocenters.